The molecule has 5 aliphatic carbocycles. The first-order chi connectivity index (χ1) is 22.5. The lowest BCUT2D eigenvalue weighted by Crippen LogP contribution is -2.67. The van der Waals surface area contributed by atoms with Crippen LogP contribution in [0.3, 0.4) is 0 Å². The average Bonchev–Trinajstić information content (AvgIpc) is 3.44. The Morgan fingerprint density at radius 3 is 2.25 bits per heavy atom. The molecule has 1 aromatic rings. The van der Waals surface area contributed by atoms with Crippen molar-refractivity contribution in [2.24, 2.45) is 45.3 Å². The van der Waals surface area contributed by atoms with Gasteiger partial charge in [0.2, 0.25) is 5.91 Å². The molecule has 1 aliphatic heterocycles. The fourth-order valence-corrected chi connectivity index (χ4v) is 14.5. The minimum atomic E-state index is -2.92. The monoisotopic (exact) mass is 678 g/mol. The lowest BCUT2D eigenvalue weighted by Gasteiger charge is -2.72. The highest BCUT2D eigenvalue weighted by Gasteiger charge is 2.69. The van der Waals surface area contributed by atoms with E-state index in [4.69, 9.17) is 0 Å². The summed E-state index contributed by atoms with van der Waals surface area (Å²) < 4.78 is 23.7. The lowest BCUT2D eigenvalue weighted by molar-refractivity contribution is -0.217. The van der Waals surface area contributed by atoms with Crippen molar-refractivity contribution in [3.8, 4) is 0 Å². The molecule has 1 heterocycles. The van der Waals surface area contributed by atoms with Gasteiger partial charge in [0, 0.05) is 31.6 Å². The molecule has 48 heavy (non-hydrogen) atoms. The van der Waals surface area contributed by atoms with Crippen LogP contribution in [0, 0.1) is 45.3 Å². The summed E-state index contributed by atoms with van der Waals surface area (Å²) in [6.07, 6.45) is 14.7. The van der Waals surface area contributed by atoms with Gasteiger partial charge < -0.3 is 15.3 Å². The van der Waals surface area contributed by atoms with E-state index < -0.39 is 15.8 Å². The van der Waals surface area contributed by atoms with Crippen molar-refractivity contribution in [1.82, 2.24) is 10.2 Å². The summed E-state index contributed by atoms with van der Waals surface area (Å²) in [6, 6.07) is 7.52. The maximum Gasteiger partial charge on any atom is 0.335 e. The van der Waals surface area contributed by atoms with Gasteiger partial charge in [0.05, 0.1) is 17.1 Å². The van der Waals surface area contributed by atoms with Gasteiger partial charge in [0.15, 0.2) is 9.84 Å². The number of hydrogen-bond donors (Lipinski definition) is 2. The second kappa shape index (κ2) is 11.7. The number of carboxylic acids is 1. The number of benzene rings is 1. The van der Waals surface area contributed by atoms with Crippen LogP contribution in [-0.4, -0.2) is 67.0 Å². The first kappa shape index (κ1) is 34.3. The van der Waals surface area contributed by atoms with E-state index in [0.29, 0.717) is 55.3 Å². The number of carbonyl (C=O) groups excluding carboxylic acids is 1. The number of nitrogens with zero attached hydrogens (tertiary/aromatic N) is 1. The molecule has 8 heteroatoms. The van der Waals surface area contributed by atoms with Crippen LogP contribution in [-0.2, 0) is 14.6 Å². The molecule has 4 saturated carbocycles. The molecule has 3 unspecified atom stereocenters. The second-order valence-corrected chi connectivity index (χ2v) is 20.3. The lowest BCUT2D eigenvalue weighted by atomic mass is 9.33. The number of rotatable bonds is 6. The van der Waals surface area contributed by atoms with Crippen LogP contribution < -0.4 is 5.32 Å². The number of hydrogen-bond acceptors (Lipinski definition) is 5. The molecule has 8 atom stereocenters. The minimum Gasteiger partial charge on any atom is -0.478 e. The molecule has 1 saturated heterocycles. The zero-order chi connectivity index (χ0) is 34.3. The van der Waals surface area contributed by atoms with Gasteiger partial charge in [-0.3, -0.25) is 4.79 Å². The van der Waals surface area contributed by atoms with E-state index in [0.717, 1.165) is 24.8 Å². The normalized spacial score (nSPS) is 41.6. The molecular weight excluding hydrogens is 621 g/mol. The van der Waals surface area contributed by atoms with E-state index in [1.165, 1.54) is 50.5 Å². The highest BCUT2D eigenvalue weighted by atomic mass is 32.2. The van der Waals surface area contributed by atoms with Crippen molar-refractivity contribution in [3.63, 3.8) is 0 Å². The molecule has 1 amide bonds. The molecule has 5 fully saturated rings. The number of allylic oxidation sites excluding steroid dienone is 2. The molecule has 7 rings (SSSR count). The quantitative estimate of drug-likeness (QED) is 0.329. The summed E-state index contributed by atoms with van der Waals surface area (Å²) >= 11 is 0. The van der Waals surface area contributed by atoms with Crippen LogP contribution in [0.15, 0.2) is 30.3 Å². The predicted octanol–water partition coefficient (Wildman–Crippen LogP) is 7.22. The highest BCUT2D eigenvalue weighted by Crippen LogP contribution is 2.76. The first-order valence-electron chi connectivity index (χ1n) is 18.8. The molecule has 2 N–H and O–H groups in total. The highest BCUT2D eigenvalue weighted by molar-refractivity contribution is 7.91. The molecule has 0 radical (unpaired) electrons. The van der Waals surface area contributed by atoms with Crippen molar-refractivity contribution >= 4 is 27.3 Å². The third kappa shape index (κ3) is 5.24. The Labute approximate surface area is 288 Å². The SMILES string of the molecule is CC1(C)C(c2ccc(C(=O)O)cc2)=CC[C@@]2(C)C1CC[C@]1(C)C2CC[C@@H]2C3CCC[C@]3(NC(=O)CCN3CCS(=O)(=O)CC3)CC[C@]21C. The molecule has 6 aliphatic rings. The zero-order valence-corrected chi connectivity index (χ0v) is 30.8. The van der Waals surface area contributed by atoms with Crippen LogP contribution in [0.25, 0.3) is 5.57 Å². The van der Waals surface area contributed by atoms with Crippen molar-refractivity contribution in [2.75, 3.05) is 31.1 Å². The summed E-state index contributed by atoms with van der Waals surface area (Å²) in [7, 11) is -2.92. The Morgan fingerprint density at radius 1 is 0.854 bits per heavy atom. The zero-order valence-electron chi connectivity index (χ0n) is 29.9. The van der Waals surface area contributed by atoms with E-state index in [1.807, 2.05) is 12.1 Å². The maximum atomic E-state index is 13.5. The summed E-state index contributed by atoms with van der Waals surface area (Å²) in [6.45, 7) is 14.5. The largest absolute Gasteiger partial charge is 0.478 e. The predicted molar refractivity (Wildman–Crippen MR) is 190 cm³/mol. The van der Waals surface area contributed by atoms with E-state index in [-0.39, 0.29) is 44.6 Å². The Balaban J connectivity index is 1.09. The standard InChI is InChI=1S/C40H58N2O5S/c1-36(2)29(27-8-10-28(11-9-27)35(44)45)14-18-37(3)32(36)15-19-39(5)33(37)13-12-30-31-7-6-17-40(31,21-20-38(30,39)4)41-34(43)16-22-42-23-25-48(46,47)26-24-42/h8-11,14,30-33H,6-7,12-13,15-26H2,1-5H3,(H,41,43)(H,44,45)/t30-,31?,32?,33?,37+,38-,39-,40+/m1/s1. The van der Waals surface area contributed by atoms with E-state index in [1.54, 1.807) is 12.1 Å². The topological polar surface area (TPSA) is 104 Å². The van der Waals surface area contributed by atoms with Crippen molar-refractivity contribution in [1.29, 1.82) is 0 Å². The fraction of sp³-hybridized carbons (Fsp3) is 0.750. The smallest absolute Gasteiger partial charge is 0.335 e. The van der Waals surface area contributed by atoms with Gasteiger partial charge >= 0.3 is 5.97 Å². The number of carboxylic acid groups (broad SMARTS) is 1. The molecule has 7 nitrogen and oxygen atoms in total. The molecule has 1 aromatic carbocycles. The third-order valence-electron chi connectivity index (χ3n) is 15.9. The van der Waals surface area contributed by atoms with Gasteiger partial charge in [0.1, 0.15) is 0 Å². The van der Waals surface area contributed by atoms with Gasteiger partial charge in [-0.05, 0) is 126 Å². The number of carbonyl (C=O) groups is 2. The molecule has 0 bridgehead atoms. The Bertz CT molecular complexity index is 1590. The van der Waals surface area contributed by atoms with Gasteiger partial charge in [0.25, 0.3) is 0 Å². The number of amides is 1. The van der Waals surface area contributed by atoms with Crippen LogP contribution in [0.1, 0.15) is 121 Å². The average molecular weight is 679 g/mol. The summed E-state index contributed by atoms with van der Waals surface area (Å²) in [5, 5.41) is 13.1. The van der Waals surface area contributed by atoms with Gasteiger partial charge in [-0.15, -0.1) is 0 Å². The Kier molecular flexibility index (Phi) is 8.34. The van der Waals surface area contributed by atoms with Gasteiger partial charge in [-0.25, -0.2) is 13.2 Å². The van der Waals surface area contributed by atoms with Crippen LogP contribution in [0.4, 0.5) is 0 Å². The van der Waals surface area contributed by atoms with Crippen molar-refractivity contribution in [2.45, 2.75) is 111 Å². The molecule has 264 valence electrons. The van der Waals surface area contributed by atoms with Crippen molar-refractivity contribution < 1.29 is 23.1 Å². The summed E-state index contributed by atoms with van der Waals surface area (Å²) in [5.74, 6) is 2.05. The minimum absolute atomic E-state index is 0.00324. The summed E-state index contributed by atoms with van der Waals surface area (Å²) in [4.78, 5) is 27.1. The number of nitrogens with one attached hydrogen (secondary N) is 1. The van der Waals surface area contributed by atoms with Crippen LogP contribution in [0.2, 0.25) is 0 Å². The van der Waals surface area contributed by atoms with Crippen molar-refractivity contribution in [3.05, 3.63) is 41.5 Å². The number of fused-ring (bicyclic) bond motifs is 7. The van der Waals surface area contributed by atoms with Gasteiger partial charge in [-0.2, -0.15) is 0 Å². The Morgan fingerprint density at radius 2 is 1.56 bits per heavy atom. The number of sulfone groups is 1. The van der Waals surface area contributed by atoms with Gasteiger partial charge in [-0.1, -0.05) is 59.2 Å². The fourth-order valence-electron chi connectivity index (χ4n) is 13.2. The number of aromatic carboxylic acids is 1. The molecule has 0 aromatic heterocycles. The molecular formula is C40H58N2O5S. The van der Waals surface area contributed by atoms with Crippen LogP contribution in [0.5, 0.6) is 0 Å². The first-order valence-corrected chi connectivity index (χ1v) is 20.7. The maximum absolute atomic E-state index is 13.5. The van der Waals surface area contributed by atoms with E-state index >= 15 is 0 Å². The third-order valence-corrected chi connectivity index (χ3v) is 17.5. The van der Waals surface area contributed by atoms with E-state index in [2.05, 4.69) is 50.9 Å². The van der Waals surface area contributed by atoms with E-state index in [9.17, 15) is 23.1 Å². The second-order valence-electron chi connectivity index (χ2n) is 18.0. The summed E-state index contributed by atoms with van der Waals surface area (Å²) in [5.41, 5.74) is 3.49. The van der Waals surface area contributed by atoms with Crippen LogP contribution >= 0.6 is 0 Å². The Hall–Kier alpha value is -2.19. The molecule has 0 spiro atoms.